The van der Waals surface area contributed by atoms with E-state index in [9.17, 15) is 0 Å². The molecule has 2 N–H and O–H groups in total. The quantitative estimate of drug-likeness (QED) is 0.609. The lowest BCUT2D eigenvalue weighted by Crippen LogP contribution is -2.35. The Morgan fingerprint density at radius 1 is 1.55 bits per heavy atom. The number of nitrogens with two attached hydrogens (primary N) is 1. The van der Waals surface area contributed by atoms with Crippen LogP contribution in [0.3, 0.4) is 0 Å². The normalized spacial score (nSPS) is 41.6. The highest BCUT2D eigenvalue weighted by molar-refractivity contribution is 5.10. The fraction of sp³-hybridized carbons (Fsp3) is 0.778. The first-order chi connectivity index (χ1) is 5.20. The fourth-order valence-electron chi connectivity index (χ4n) is 2.63. The van der Waals surface area contributed by atoms with E-state index in [1.54, 1.807) is 0 Å². The predicted molar refractivity (Wildman–Crippen MR) is 46.1 cm³/mol. The van der Waals surface area contributed by atoms with Crippen LogP contribution in [-0.2, 0) is 0 Å². The van der Waals surface area contributed by atoms with Gasteiger partial charge in [-0.1, -0.05) is 6.58 Å². The zero-order valence-electron chi connectivity index (χ0n) is 7.09. The highest BCUT2D eigenvalue weighted by atomic mass is 15.3. The maximum Gasteiger partial charge on any atom is 0.0442 e. The highest BCUT2D eigenvalue weighted by Gasteiger charge is 2.43. The van der Waals surface area contributed by atoms with E-state index in [2.05, 4.69) is 18.4 Å². The lowest BCUT2D eigenvalue weighted by atomic mass is 9.97. The molecule has 2 saturated heterocycles. The SMILES string of the molecule is C=C(C)N1[C@H]2CC[C@@H]1[C@H](N)C2. The van der Waals surface area contributed by atoms with Gasteiger partial charge >= 0.3 is 0 Å². The Balaban J connectivity index is 2.19. The minimum Gasteiger partial charge on any atom is -0.368 e. The molecular weight excluding hydrogens is 136 g/mol. The van der Waals surface area contributed by atoms with Crippen molar-refractivity contribution in [3.05, 3.63) is 12.3 Å². The zero-order valence-corrected chi connectivity index (χ0v) is 7.09. The van der Waals surface area contributed by atoms with Crippen molar-refractivity contribution in [2.45, 2.75) is 44.3 Å². The summed E-state index contributed by atoms with van der Waals surface area (Å²) < 4.78 is 0. The van der Waals surface area contributed by atoms with Crippen LogP contribution in [-0.4, -0.2) is 23.0 Å². The molecule has 2 aliphatic heterocycles. The van der Waals surface area contributed by atoms with Crippen molar-refractivity contribution in [1.82, 2.24) is 4.90 Å². The van der Waals surface area contributed by atoms with Gasteiger partial charge in [-0.2, -0.15) is 0 Å². The number of allylic oxidation sites excluding steroid dienone is 1. The average Bonchev–Trinajstić information content (AvgIpc) is 2.41. The minimum absolute atomic E-state index is 0.408. The van der Waals surface area contributed by atoms with Crippen LogP contribution < -0.4 is 5.73 Å². The van der Waals surface area contributed by atoms with Crippen molar-refractivity contribution < 1.29 is 0 Å². The molecule has 0 spiro atoms. The summed E-state index contributed by atoms with van der Waals surface area (Å²) in [7, 11) is 0. The van der Waals surface area contributed by atoms with Crippen molar-refractivity contribution in [3.63, 3.8) is 0 Å². The van der Waals surface area contributed by atoms with Gasteiger partial charge in [-0.15, -0.1) is 0 Å². The average molecular weight is 152 g/mol. The Labute approximate surface area is 68.1 Å². The predicted octanol–water partition coefficient (Wildman–Crippen LogP) is 1.08. The lowest BCUT2D eigenvalue weighted by molar-refractivity contribution is 0.319. The third-order valence-corrected chi connectivity index (χ3v) is 3.03. The van der Waals surface area contributed by atoms with E-state index in [1.807, 2.05) is 0 Å². The molecule has 2 heteroatoms. The van der Waals surface area contributed by atoms with Gasteiger partial charge in [0.05, 0.1) is 0 Å². The molecule has 2 nitrogen and oxygen atoms in total. The third kappa shape index (κ3) is 0.890. The van der Waals surface area contributed by atoms with E-state index in [0.29, 0.717) is 18.1 Å². The van der Waals surface area contributed by atoms with Crippen LogP contribution >= 0.6 is 0 Å². The second-order valence-corrected chi connectivity index (χ2v) is 3.84. The first kappa shape index (κ1) is 7.17. The largest absolute Gasteiger partial charge is 0.368 e. The van der Waals surface area contributed by atoms with Crippen LogP contribution in [0.2, 0.25) is 0 Å². The molecule has 0 aromatic heterocycles. The molecule has 2 aliphatic rings. The molecule has 2 bridgehead atoms. The van der Waals surface area contributed by atoms with Crippen LogP contribution in [0.5, 0.6) is 0 Å². The number of fused-ring (bicyclic) bond motifs is 2. The molecule has 0 unspecified atom stereocenters. The minimum atomic E-state index is 0.408. The first-order valence-electron chi connectivity index (χ1n) is 4.39. The lowest BCUT2D eigenvalue weighted by Gasteiger charge is -2.24. The number of nitrogens with zero attached hydrogens (tertiary/aromatic N) is 1. The van der Waals surface area contributed by atoms with Gasteiger partial charge in [-0.25, -0.2) is 0 Å². The van der Waals surface area contributed by atoms with E-state index < -0.39 is 0 Å². The number of hydrogen-bond acceptors (Lipinski definition) is 2. The third-order valence-electron chi connectivity index (χ3n) is 3.03. The van der Waals surface area contributed by atoms with Gasteiger partial charge < -0.3 is 10.6 Å². The van der Waals surface area contributed by atoms with E-state index in [0.717, 1.165) is 0 Å². The number of rotatable bonds is 1. The van der Waals surface area contributed by atoms with Crippen molar-refractivity contribution >= 4 is 0 Å². The van der Waals surface area contributed by atoms with Gasteiger partial charge in [-0.05, 0) is 26.2 Å². The Hall–Kier alpha value is -0.500. The topological polar surface area (TPSA) is 29.3 Å². The van der Waals surface area contributed by atoms with Crippen molar-refractivity contribution in [3.8, 4) is 0 Å². The number of hydrogen-bond donors (Lipinski definition) is 1. The van der Waals surface area contributed by atoms with E-state index in [4.69, 9.17) is 5.73 Å². The summed E-state index contributed by atoms with van der Waals surface area (Å²) >= 11 is 0. The van der Waals surface area contributed by atoms with Crippen LogP contribution in [0.15, 0.2) is 12.3 Å². The molecular formula is C9H16N2. The molecule has 0 saturated carbocycles. The zero-order chi connectivity index (χ0) is 8.01. The molecule has 0 radical (unpaired) electrons. The van der Waals surface area contributed by atoms with Gasteiger partial charge in [-0.3, -0.25) is 0 Å². The van der Waals surface area contributed by atoms with Crippen molar-refractivity contribution in [1.29, 1.82) is 0 Å². The fourth-order valence-corrected chi connectivity index (χ4v) is 2.63. The van der Waals surface area contributed by atoms with E-state index in [1.165, 1.54) is 25.0 Å². The Kier molecular flexibility index (Phi) is 1.46. The smallest absolute Gasteiger partial charge is 0.0442 e. The summed E-state index contributed by atoms with van der Waals surface area (Å²) in [5.74, 6) is 0. The highest BCUT2D eigenvalue weighted by Crippen LogP contribution is 2.38. The molecule has 3 atom stereocenters. The molecule has 0 aromatic rings. The molecule has 2 rings (SSSR count). The van der Waals surface area contributed by atoms with Crippen LogP contribution in [0.4, 0.5) is 0 Å². The first-order valence-corrected chi connectivity index (χ1v) is 4.39. The standard InChI is InChI=1S/C9H16N2/c1-6(2)11-7-3-4-9(11)8(10)5-7/h7-9H,1,3-5,10H2,2H3/t7-,8+,9+/m0/s1. The van der Waals surface area contributed by atoms with Gasteiger partial charge in [0.15, 0.2) is 0 Å². The molecule has 0 aromatic carbocycles. The van der Waals surface area contributed by atoms with Gasteiger partial charge in [0.25, 0.3) is 0 Å². The van der Waals surface area contributed by atoms with Crippen LogP contribution in [0.1, 0.15) is 26.2 Å². The second kappa shape index (κ2) is 2.24. The Bertz CT molecular complexity index is 188. The molecule has 11 heavy (non-hydrogen) atoms. The van der Waals surface area contributed by atoms with Gasteiger partial charge in [0.2, 0.25) is 0 Å². The molecule has 0 amide bonds. The van der Waals surface area contributed by atoms with Crippen molar-refractivity contribution in [2.24, 2.45) is 5.73 Å². The second-order valence-electron chi connectivity index (χ2n) is 3.84. The van der Waals surface area contributed by atoms with E-state index in [-0.39, 0.29) is 0 Å². The van der Waals surface area contributed by atoms with Gasteiger partial charge in [0.1, 0.15) is 0 Å². The van der Waals surface area contributed by atoms with Crippen molar-refractivity contribution in [2.75, 3.05) is 0 Å². The summed E-state index contributed by atoms with van der Waals surface area (Å²) in [5.41, 5.74) is 7.16. The van der Waals surface area contributed by atoms with Crippen LogP contribution in [0.25, 0.3) is 0 Å². The van der Waals surface area contributed by atoms with Crippen LogP contribution in [0, 0.1) is 0 Å². The summed E-state index contributed by atoms with van der Waals surface area (Å²) in [4.78, 5) is 2.42. The monoisotopic (exact) mass is 152 g/mol. The molecule has 62 valence electrons. The Morgan fingerprint density at radius 2 is 2.27 bits per heavy atom. The molecule has 0 aliphatic carbocycles. The molecule has 2 fully saturated rings. The summed E-state index contributed by atoms with van der Waals surface area (Å²) in [6.45, 7) is 6.07. The summed E-state index contributed by atoms with van der Waals surface area (Å²) in [6, 6.07) is 1.73. The maximum absolute atomic E-state index is 5.97. The molecule has 2 heterocycles. The van der Waals surface area contributed by atoms with E-state index >= 15 is 0 Å². The Morgan fingerprint density at radius 3 is 2.55 bits per heavy atom. The maximum atomic E-state index is 5.97. The summed E-state index contributed by atoms with van der Waals surface area (Å²) in [5, 5.41) is 0. The summed E-state index contributed by atoms with van der Waals surface area (Å²) in [6.07, 6.45) is 3.78. The van der Waals surface area contributed by atoms with Gasteiger partial charge in [0, 0.05) is 23.8 Å².